The third kappa shape index (κ3) is 4.03. The summed E-state index contributed by atoms with van der Waals surface area (Å²) in [6, 6.07) is 1.99. The van der Waals surface area contributed by atoms with Crippen molar-refractivity contribution in [3.63, 3.8) is 0 Å². The van der Waals surface area contributed by atoms with Gasteiger partial charge in [-0.05, 0) is 31.8 Å². The van der Waals surface area contributed by atoms with Crippen LogP contribution in [-0.2, 0) is 11.3 Å². The number of nitrogens with one attached hydrogen (secondary N) is 2. The number of nitrogens with zero attached hydrogens (tertiary/aromatic N) is 3. The topological polar surface area (TPSA) is 71.4 Å². The normalized spacial score (nSPS) is 25.2. The van der Waals surface area contributed by atoms with Crippen molar-refractivity contribution in [1.82, 2.24) is 20.0 Å². The minimum absolute atomic E-state index is 0.0505. The second kappa shape index (κ2) is 7.31. The van der Waals surface area contributed by atoms with Gasteiger partial charge in [0, 0.05) is 12.6 Å². The van der Waals surface area contributed by atoms with E-state index >= 15 is 0 Å². The van der Waals surface area contributed by atoms with Gasteiger partial charge in [-0.2, -0.15) is 5.10 Å². The molecule has 0 radical (unpaired) electrons. The lowest BCUT2D eigenvalue weighted by Gasteiger charge is -2.27. The third-order valence-corrected chi connectivity index (χ3v) is 4.47. The average molecular weight is 321 g/mol. The number of hydrogen-bond donors (Lipinski definition) is 2. The molecule has 2 aliphatic heterocycles. The molecule has 2 saturated heterocycles. The van der Waals surface area contributed by atoms with E-state index in [1.165, 1.54) is 12.8 Å². The Bertz CT molecular complexity index is 524. The van der Waals surface area contributed by atoms with Crippen molar-refractivity contribution in [2.45, 2.75) is 45.3 Å². The maximum Gasteiger partial charge on any atom is 0.320 e. The van der Waals surface area contributed by atoms with Crippen molar-refractivity contribution in [2.75, 3.05) is 31.6 Å². The van der Waals surface area contributed by atoms with Crippen LogP contribution in [0, 0.1) is 5.92 Å². The van der Waals surface area contributed by atoms with E-state index in [9.17, 15) is 4.79 Å². The summed E-state index contributed by atoms with van der Waals surface area (Å²) >= 11 is 0. The van der Waals surface area contributed by atoms with Gasteiger partial charge in [0.25, 0.3) is 0 Å². The molecule has 1 aromatic rings. The molecule has 23 heavy (non-hydrogen) atoms. The van der Waals surface area contributed by atoms with Gasteiger partial charge in [0.1, 0.15) is 5.82 Å². The fraction of sp³-hybridized carbons (Fsp3) is 0.750. The highest BCUT2D eigenvalue weighted by molar-refractivity contribution is 5.88. The van der Waals surface area contributed by atoms with Gasteiger partial charge < -0.3 is 10.1 Å². The molecular formula is C16H27N5O2. The van der Waals surface area contributed by atoms with Gasteiger partial charge in [-0.3, -0.25) is 10.2 Å². The molecule has 7 heteroatoms. The monoisotopic (exact) mass is 321 g/mol. The molecule has 0 bridgehead atoms. The molecule has 0 aliphatic carbocycles. The maximum atomic E-state index is 12.3. The Kier molecular flexibility index (Phi) is 5.17. The minimum atomic E-state index is -0.185. The van der Waals surface area contributed by atoms with Crippen LogP contribution in [0.5, 0.6) is 0 Å². The largest absolute Gasteiger partial charge is 0.378 e. The molecule has 3 rings (SSSR count). The number of anilines is 1. The Morgan fingerprint density at radius 2 is 2.17 bits per heavy atom. The lowest BCUT2D eigenvalue weighted by Crippen LogP contribution is -2.51. The van der Waals surface area contributed by atoms with Crippen LogP contribution in [0.2, 0.25) is 0 Å². The number of ether oxygens (including phenoxy) is 1. The van der Waals surface area contributed by atoms with E-state index in [-0.39, 0.29) is 12.1 Å². The molecule has 7 nitrogen and oxygen atoms in total. The average Bonchev–Trinajstić information content (AvgIpc) is 3.20. The summed E-state index contributed by atoms with van der Waals surface area (Å²) < 4.78 is 7.42. The van der Waals surface area contributed by atoms with E-state index in [1.54, 1.807) is 6.20 Å². The summed E-state index contributed by atoms with van der Waals surface area (Å²) in [4.78, 5) is 14.8. The molecule has 2 atom stereocenters. The zero-order valence-electron chi connectivity index (χ0n) is 14.0. The van der Waals surface area contributed by atoms with Crippen molar-refractivity contribution in [3.8, 4) is 0 Å². The highest BCUT2D eigenvalue weighted by Crippen LogP contribution is 2.19. The lowest BCUT2D eigenvalue weighted by molar-refractivity contribution is 0.159. The molecule has 0 saturated carbocycles. The number of urea groups is 1. The van der Waals surface area contributed by atoms with Gasteiger partial charge in [0.15, 0.2) is 0 Å². The Hall–Kier alpha value is -1.60. The van der Waals surface area contributed by atoms with Crippen LogP contribution in [-0.4, -0.2) is 59.1 Å². The lowest BCUT2D eigenvalue weighted by atomic mass is 10.1. The fourth-order valence-electron chi connectivity index (χ4n) is 3.36. The van der Waals surface area contributed by atoms with Gasteiger partial charge >= 0.3 is 6.03 Å². The summed E-state index contributed by atoms with van der Waals surface area (Å²) in [5.41, 5.74) is 0. The second-order valence-electron chi connectivity index (χ2n) is 6.85. The molecular weight excluding hydrogens is 294 g/mol. The van der Waals surface area contributed by atoms with Crippen LogP contribution >= 0.6 is 0 Å². The first kappa shape index (κ1) is 16.3. The minimum Gasteiger partial charge on any atom is -0.378 e. The van der Waals surface area contributed by atoms with Gasteiger partial charge in [0.05, 0.1) is 31.5 Å². The van der Waals surface area contributed by atoms with E-state index in [2.05, 4.69) is 34.5 Å². The van der Waals surface area contributed by atoms with Gasteiger partial charge in [0.2, 0.25) is 0 Å². The van der Waals surface area contributed by atoms with Crippen LogP contribution in [0.3, 0.4) is 0 Å². The Morgan fingerprint density at radius 1 is 1.39 bits per heavy atom. The van der Waals surface area contributed by atoms with Crippen LogP contribution in [0.1, 0.15) is 26.7 Å². The molecule has 0 spiro atoms. The predicted molar refractivity (Wildman–Crippen MR) is 88.4 cm³/mol. The molecule has 2 fully saturated rings. The Balaban J connectivity index is 1.55. The zero-order valence-corrected chi connectivity index (χ0v) is 14.0. The summed E-state index contributed by atoms with van der Waals surface area (Å²) in [7, 11) is 0. The molecule has 0 aromatic carbocycles. The summed E-state index contributed by atoms with van der Waals surface area (Å²) in [5.74, 6) is 1.20. The van der Waals surface area contributed by atoms with E-state index in [1.807, 2.05) is 10.7 Å². The number of aromatic nitrogens is 2. The van der Waals surface area contributed by atoms with Crippen molar-refractivity contribution >= 4 is 11.8 Å². The zero-order chi connectivity index (χ0) is 16.2. The first-order valence-electron chi connectivity index (χ1n) is 8.54. The first-order chi connectivity index (χ1) is 11.1. The standard InChI is InChI=1S/C16H27N5O2/c1-12(2)9-21-15(5-6-17-21)19-16(22)18-13-10-23-11-14(13)20-7-3-4-8-20/h5-6,12-14H,3-4,7-11H2,1-2H3,(H2,18,19,22)/t13-,14-/m1/s1. The van der Waals surface area contributed by atoms with Gasteiger partial charge in [-0.1, -0.05) is 13.8 Å². The molecule has 3 heterocycles. The van der Waals surface area contributed by atoms with Crippen LogP contribution in [0.25, 0.3) is 0 Å². The van der Waals surface area contributed by atoms with Gasteiger partial charge in [-0.25, -0.2) is 9.48 Å². The maximum absolute atomic E-state index is 12.3. The van der Waals surface area contributed by atoms with Crippen molar-refractivity contribution in [3.05, 3.63) is 12.3 Å². The number of hydrogen-bond acceptors (Lipinski definition) is 4. The van der Waals surface area contributed by atoms with E-state index in [0.29, 0.717) is 25.2 Å². The van der Waals surface area contributed by atoms with Crippen LogP contribution in [0.4, 0.5) is 10.6 Å². The van der Waals surface area contributed by atoms with E-state index in [4.69, 9.17) is 4.74 Å². The third-order valence-electron chi connectivity index (χ3n) is 4.47. The van der Waals surface area contributed by atoms with Crippen molar-refractivity contribution in [1.29, 1.82) is 0 Å². The summed E-state index contributed by atoms with van der Waals surface area (Å²) in [6.45, 7) is 8.54. The Labute approximate surface area is 137 Å². The predicted octanol–water partition coefficient (Wildman–Crippen LogP) is 1.52. The second-order valence-corrected chi connectivity index (χ2v) is 6.85. The number of carbonyl (C=O) groups excluding carboxylic acids is 1. The first-order valence-corrected chi connectivity index (χ1v) is 8.54. The van der Waals surface area contributed by atoms with Crippen molar-refractivity contribution < 1.29 is 9.53 Å². The quantitative estimate of drug-likeness (QED) is 0.863. The van der Waals surface area contributed by atoms with E-state index in [0.717, 1.165) is 25.5 Å². The van der Waals surface area contributed by atoms with Crippen LogP contribution < -0.4 is 10.6 Å². The number of likely N-dealkylation sites (tertiary alicyclic amines) is 1. The molecule has 1 aromatic heterocycles. The number of carbonyl (C=O) groups is 1. The Morgan fingerprint density at radius 3 is 2.91 bits per heavy atom. The van der Waals surface area contributed by atoms with Gasteiger partial charge in [-0.15, -0.1) is 0 Å². The fourth-order valence-corrected chi connectivity index (χ4v) is 3.36. The molecule has 0 unspecified atom stereocenters. The molecule has 2 N–H and O–H groups in total. The van der Waals surface area contributed by atoms with E-state index < -0.39 is 0 Å². The van der Waals surface area contributed by atoms with Crippen LogP contribution in [0.15, 0.2) is 12.3 Å². The van der Waals surface area contributed by atoms with Crippen molar-refractivity contribution in [2.24, 2.45) is 5.92 Å². The number of amides is 2. The SMILES string of the molecule is CC(C)Cn1nccc1NC(=O)N[C@@H]1COC[C@H]1N1CCCC1. The molecule has 2 aliphatic rings. The highest BCUT2D eigenvalue weighted by Gasteiger charge is 2.35. The summed E-state index contributed by atoms with van der Waals surface area (Å²) in [6.07, 6.45) is 4.19. The summed E-state index contributed by atoms with van der Waals surface area (Å²) in [5, 5.41) is 10.2. The smallest absolute Gasteiger partial charge is 0.320 e. The molecule has 128 valence electrons. The number of rotatable bonds is 5. The molecule has 2 amide bonds. The highest BCUT2D eigenvalue weighted by atomic mass is 16.5.